The quantitative estimate of drug-likeness (QED) is 0.594. The maximum absolute atomic E-state index is 12.4. The van der Waals surface area contributed by atoms with Gasteiger partial charge in [-0.3, -0.25) is 4.79 Å². The van der Waals surface area contributed by atoms with E-state index in [0.29, 0.717) is 6.42 Å². The Kier molecular flexibility index (Phi) is 6.67. The van der Waals surface area contributed by atoms with E-state index in [-0.39, 0.29) is 17.8 Å². The average Bonchev–Trinajstić information content (AvgIpc) is 2.54. The lowest BCUT2D eigenvalue weighted by molar-refractivity contribution is -0.145. The Bertz CT molecular complexity index is 526. The molecule has 1 amide bonds. The highest BCUT2D eigenvalue weighted by Gasteiger charge is 2.27. The topological polar surface area (TPSA) is 55.4 Å². The van der Waals surface area contributed by atoms with Gasteiger partial charge in [-0.05, 0) is 53.1 Å². The number of methoxy groups -OCH3 is 1. The Balaban J connectivity index is 2.02. The fourth-order valence-electron chi connectivity index (χ4n) is 2.89. The molecule has 0 bridgehead atoms. The monoisotopic (exact) mass is 415 g/mol. The van der Waals surface area contributed by atoms with Gasteiger partial charge in [0.15, 0.2) is 0 Å². The molecule has 120 valence electrons. The second-order valence-electron chi connectivity index (χ2n) is 5.75. The molecule has 1 N–H and O–H groups in total. The molecular formula is C17H22INO3. The van der Waals surface area contributed by atoms with Crippen molar-refractivity contribution in [2.75, 3.05) is 7.11 Å². The predicted molar refractivity (Wildman–Crippen MR) is 93.4 cm³/mol. The van der Waals surface area contributed by atoms with E-state index in [1.165, 1.54) is 13.5 Å². The van der Waals surface area contributed by atoms with Crippen LogP contribution in [0.5, 0.6) is 0 Å². The van der Waals surface area contributed by atoms with Crippen LogP contribution < -0.4 is 5.32 Å². The molecule has 0 radical (unpaired) electrons. The van der Waals surface area contributed by atoms with Crippen molar-refractivity contribution in [2.45, 2.75) is 44.6 Å². The Morgan fingerprint density at radius 1 is 1.32 bits per heavy atom. The third-order valence-electron chi connectivity index (χ3n) is 4.11. The van der Waals surface area contributed by atoms with E-state index in [1.54, 1.807) is 0 Å². The standard InChI is InChI=1S/C17H22INO3/c1-22-17(21)15(11-12-6-5-9-14(18)10-12)19-16(20)13-7-3-2-4-8-13/h5-6,9-10,13,15H,2-4,7-8,11H2,1H3,(H,19,20)/t15-/m1/s1. The number of hydrogen-bond donors (Lipinski definition) is 1. The number of ether oxygens (including phenoxy) is 1. The summed E-state index contributed by atoms with van der Waals surface area (Å²) in [5.74, 6) is -0.361. The normalized spacial score (nSPS) is 16.8. The van der Waals surface area contributed by atoms with Crippen LogP contribution >= 0.6 is 22.6 Å². The fraction of sp³-hybridized carbons (Fsp3) is 0.529. The Hall–Kier alpha value is -1.11. The summed E-state index contributed by atoms with van der Waals surface area (Å²) < 4.78 is 5.96. The van der Waals surface area contributed by atoms with Gasteiger partial charge < -0.3 is 10.1 Å². The van der Waals surface area contributed by atoms with E-state index in [9.17, 15) is 9.59 Å². The molecule has 0 heterocycles. The van der Waals surface area contributed by atoms with Crippen LogP contribution in [0.3, 0.4) is 0 Å². The van der Waals surface area contributed by atoms with Crippen LogP contribution in [0.25, 0.3) is 0 Å². The first kappa shape index (κ1) is 17.2. The fourth-order valence-corrected chi connectivity index (χ4v) is 3.50. The average molecular weight is 415 g/mol. The number of rotatable bonds is 5. The number of nitrogens with one attached hydrogen (secondary N) is 1. The molecule has 0 aromatic heterocycles. The third-order valence-corrected chi connectivity index (χ3v) is 4.78. The van der Waals surface area contributed by atoms with Crippen LogP contribution in [0, 0.1) is 9.49 Å². The maximum atomic E-state index is 12.4. The molecule has 2 rings (SSSR count). The van der Waals surface area contributed by atoms with E-state index < -0.39 is 6.04 Å². The predicted octanol–water partition coefficient (Wildman–Crippen LogP) is 3.07. The smallest absolute Gasteiger partial charge is 0.328 e. The van der Waals surface area contributed by atoms with Crippen molar-refractivity contribution in [3.8, 4) is 0 Å². The highest BCUT2D eigenvalue weighted by atomic mass is 127. The van der Waals surface area contributed by atoms with E-state index >= 15 is 0 Å². The Morgan fingerprint density at radius 2 is 2.05 bits per heavy atom. The summed E-state index contributed by atoms with van der Waals surface area (Å²) in [6.07, 6.45) is 5.69. The second kappa shape index (κ2) is 8.50. The molecule has 4 nitrogen and oxygen atoms in total. The summed E-state index contributed by atoms with van der Waals surface area (Å²) >= 11 is 2.24. The zero-order valence-electron chi connectivity index (χ0n) is 12.8. The summed E-state index contributed by atoms with van der Waals surface area (Å²) in [7, 11) is 1.36. The van der Waals surface area contributed by atoms with Crippen LogP contribution in [-0.4, -0.2) is 25.0 Å². The number of carbonyl (C=O) groups excluding carboxylic acids is 2. The number of benzene rings is 1. The van der Waals surface area contributed by atoms with Gasteiger partial charge in [0.2, 0.25) is 5.91 Å². The van der Waals surface area contributed by atoms with Gasteiger partial charge in [-0.2, -0.15) is 0 Å². The van der Waals surface area contributed by atoms with Gasteiger partial charge in [-0.25, -0.2) is 4.79 Å². The molecule has 1 aliphatic rings. The number of amides is 1. The number of halogens is 1. The SMILES string of the molecule is COC(=O)[C@@H](Cc1cccc(I)c1)NC(=O)C1CCCCC1. The summed E-state index contributed by atoms with van der Waals surface area (Å²) in [5.41, 5.74) is 1.02. The van der Waals surface area contributed by atoms with Crippen LogP contribution in [0.15, 0.2) is 24.3 Å². The Labute approximate surface area is 145 Å². The van der Waals surface area contributed by atoms with Crippen molar-refractivity contribution in [3.05, 3.63) is 33.4 Å². The zero-order chi connectivity index (χ0) is 15.9. The second-order valence-corrected chi connectivity index (χ2v) is 7.00. The van der Waals surface area contributed by atoms with Crippen LogP contribution in [0.1, 0.15) is 37.7 Å². The van der Waals surface area contributed by atoms with Gasteiger partial charge in [-0.1, -0.05) is 31.4 Å². The molecule has 1 aromatic carbocycles. The van der Waals surface area contributed by atoms with Crippen molar-refractivity contribution in [3.63, 3.8) is 0 Å². The minimum Gasteiger partial charge on any atom is -0.467 e. The van der Waals surface area contributed by atoms with Gasteiger partial charge in [-0.15, -0.1) is 0 Å². The van der Waals surface area contributed by atoms with Crippen LogP contribution in [0.4, 0.5) is 0 Å². The molecule has 0 spiro atoms. The number of hydrogen-bond acceptors (Lipinski definition) is 3. The molecular weight excluding hydrogens is 393 g/mol. The Morgan fingerprint density at radius 3 is 2.68 bits per heavy atom. The molecule has 1 saturated carbocycles. The molecule has 5 heteroatoms. The molecule has 0 saturated heterocycles. The first-order valence-electron chi connectivity index (χ1n) is 7.73. The molecule has 22 heavy (non-hydrogen) atoms. The van der Waals surface area contributed by atoms with E-state index in [1.807, 2.05) is 24.3 Å². The summed E-state index contributed by atoms with van der Waals surface area (Å²) in [6, 6.07) is 7.32. The van der Waals surface area contributed by atoms with Crippen LogP contribution in [-0.2, 0) is 20.7 Å². The largest absolute Gasteiger partial charge is 0.467 e. The molecule has 1 fully saturated rings. The lowest BCUT2D eigenvalue weighted by Crippen LogP contribution is -2.45. The number of carbonyl (C=O) groups is 2. The maximum Gasteiger partial charge on any atom is 0.328 e. The van der Waals surface area contributed by atoms with Crippen molar-refractivity contribution in [1.82, 2.24) is 5.32 Å². The van der Waals surface area contributed by atoms with E-state index in [4.69, 9.17) is 4.74 Å². The first-order valence-corrected chi connectivity index (χ1v) is 8.80. The van der Waals surface area contributed by atoms with Gasteiger partial charge in [0.25, 0.3) is 0 Å². The summed E-state index contributed by atoms with van der Waals surface area (Å²) in [4.78, 5) is 24.3. The number of esters is 1. The highest BCUT2D eigenvalue weighted by Crippen LogP contribution is 2.24. The molecule has 1 aliphatic carbocycles. The molecule has 0 aliphatic heterocycles. The third kappa shape index (κ3) is 4.97. The minimum absolute atomic E-state index is 0.0132. The van der Waals surface area contributed by atoms with Gasteiger partial charge in [0, 0.05) is 15.9 Å². The van der Waals surface area contributed by atoms with Crippen molar-refractivity contribution in [2.24, 2.45) is 5.92 Å². The highest BCUT2D eigenvalue weighted by molar-refractivity contribution is 14.1. The van der Waals surface area contributed by atoms with E-state index in [2.05, 4.69) is 27.9 Å². The van der Waals surface area contributed by atoms with Crippen molar-refractivity contribution >= 4 is 34.5 Å². The van der Waals surface area contributed by atoms with Gasteiger partial charge in [0.1, 0.15) is 6.04 Å². The molecule has 0 unspecified atom stereocenters. The molecule has 1 atom stereocenters. The van der Waals surface area contributed by atoms with E-state index in [0.717, 1.165) is 34.8 Å². The van der Waals surface area contributed by atoms with Gasteiger partial charge >= 0.3 is 5.97 Å². The minimum atomic E-state index is -0.613. The van der Waals surface area contributed by atoms with Gasteiger partial charge in [0.05, 0.1) is 7.11 Å². The van der Waals surface area contributed by atoms with Crippen LogP contribution in [0.2, 0.25) is 0 Å². The first-order chi connectivity index (χ1) is 10.6. The lowest BCUT2D eigenvalue weighted by atomic mass is 9.88. The molecule has 1 aromatic rings. The zero-order valence-corrected chi connectivity index (χ0v) is 15.0. The van der Waals surface area contributed by atoms with Crippen molar-refractivity contribution < 1.29 is 14.3 Å². The summed E-state index contributed by atoms with van der Waals surface area (Å²) in [5, 5.41) is 2.89. The summed E-state index contributed by atoms with van der Waals surface area (Å²) in [6.45, 7) is 0. The lowest BCUT2D eigenvalue weighted by Gasteiger charge is -2.24. The van der Waals surface area contributed by atoms with Crippen molar-refractivity contribution in [1.29, 1.82) is 0 Å².